The Kier molecular flexibility index (Phi) is 2.25. The predicted octanol–water partition coefficient (Wildman–Crippen LogP) is 0.132. The normalized spacial score (nSPS) is 10.9. The molecule has 0 amide bonds. The zero-order chi connectivity index (χ0) is 10.1. The van der Waals surface area contributed by atoms with E-state index in [2.05, 4.69) is 0 Å². The van der Waals surface area contributed by atoms with E-state index < -0.39 is 0 Å². The van der Waals surface area contributed by atoms with Gasteiger partial charge in [-0.05, 0) is 6.42 Å². The third kappa shape index (κ3) is 1.29. The number of hydrogen-bond acceptors (Lipinski definition) is 3. The van der Waals surface area contributed by atoms with E-state index in [-0.39, 0.29) is 11.4 Å². The molecule has 0 aliphatic heterocycles. The van der Waals surface area contributed by atoms with Gasteiger partial charge in [-0.25, -0.2) is 9.36 Å². The zero-order valence-electron chi connectivity index (χ0n) is 7.77. The summed E-state index contributed by atoms with van der Waals surface area (Å²) in [4.78, 5) is 12.1. The molecule has 0 saturated carbocycles. The molecule has 0 aliphatic rings. The minimum absolute atomic E-state index is 0.209. The summed E-state index contributed by atoms with van der Waals surface area (Å²) in [5, 5.41) is 13.3. The van der Waals surface area contributed by atoms with Crippen LogP contribution in [0.3, 0.4) is 0 Å². The second kappa shape index (κ2) is 3.42. The topological polar surface area (TPSA) is 48.4 Å². The highest BCUT2D eigenvalue weighted by Gasteiger charge is 2.11. The van der Waals surface area contributed by atoms with E-state index in [0.717, 1.165) is 12.5 Å². The highest BCUT2D eigenvalue weighted by Crippen LogP contribution is 2.06. The molecule has 0 aromatic carbocycles. The molecule has 14 heavy (non-hydrogen) atoms. The Hall–Kier alpha value is -1.36. The molecule has 5 heteroatoms. The summed E-state index contributed by atoms with van der Waals surface area (Å²) in [6.07, 6.45) is 2.57. The first kappa shape index (κ1) is 9.21. The van der Waals surface area contributed by atoms with Crippen molar-refractivity contribution in [2.45, 2.75) is 19.9 Å². The number of thiazole rings is 1. The predicted molar refractivity (Wildman–Crippen MR) is 51.5 cm³/mol. The van der Waals surface area contributed by atoms with Crippen LogP contribution in [0.25, 0.3) is 4.96 Å². The zero-order valence-corrected chi connectivity index (χ0v) is 8.58. The van der Waals surface area contributed by atoms with Gasteiger partial charge in [-0.2, -0.15) is 4.40 Å². The van der Waals surface area contributed by atoms with Crippen LogP contribution in [0.5, 0.6) is 5.88 Å². The van der Waals surface area contributed by atoms with E-state index in [1.165, 1.54) is 15.7 Å². The number of fused-ring (bicyclic) bond motifs is 1. The van der Waals surface area contributed by atoms with Gasteiger partial charge >= 0.3 is 10.5 Å². The van der Waals surface area contributed by atoms with Crippen molar-refractivity contribution in [1.29, 1.82) is 0 Å². The van der Waals surface area contributed by atoms with Gasteiger partial charge in [0.2, 0.25) is 0 Å². The van der Waals surface area contributed by atoms with Crippen molar-refractivity contribution >= 4 is 16.3 Å². The first-order valence-corrected chi connectivity index (χ1v) is 5.31. The van der Waals surface area contributed by atoms with Crippen LogP contribution in [0.1, 0.15) is 13.3 Å². The maximum absolute atomic E-state index is 11.5. The van der Waals surface area contributed by atoms with Crippen molar-refractivity contribution < 1.29 is 9.67 Å². The Balaban J connectivity index is 2.79. The molecule has 0 fully saturated rings. The van der Waals surface area contributed by atoms with Crippen molar-refractivity contribution in [2.75, 3.05) is 0 Å². The Labute approximate surface area is 84.7 Å². The summed E-state index contributed by atoms with van der Waals surface area (Å²) in [5.74, 6) is -0.209. The van der Waals surface area contributed by atoms with E-state index in [1.54, 1.807) is 10.8 Å². The first-order chi connectivity index (χ1) is 6.74. The lowest BCUT2D eigenvalue weighted by Crippen LogP contribution is -2.41. The number of rotatable bonds is 2. The fourth-order valence-electron chi connectivity index (χ4n) is 1.41. The van der Waals surface area contributed by atoms with Gasteiger partial charge in [0.25, 0.3) is 0 Å². The van der Waals surface area contributed by atoms with Gasteiger partial charge in [0.1, 0.15) is 6.20 Å². The highest BCUT2D eigenvalue weighted by atomic mass is 32.1. The Bertz CT molecular complexity index is 515. The molecule has 2 rings (SSSR count). The summed E-state index contributed by atoms with van der Waals surface area (Å²) in [6, 6.07) is 1.13. The molecule has 0 aliphatic carbocycles. The van der Waals surface area contributed by atoms with Gasteiger partial charge < -0.3 is 5.11 Å². The molecule has 2 aromatic heterocycles. The second-order valence-corrected chi connectivity index (χ2v) is 3.90. The van der Waals surface area contributed by atoms with Gasteiger partial charge in [-0.3, -0.25) is 0 Å². The third-order valence-electron chi connectivity index (χ3n) is 2.02. The Morgan fingerprint density at radius 3 is 3.14 bits per heavy atom. The Morgan fingerprint density at radius 2 is 2.43 bits per heavy atom. The van der Waals surface area contributed by atoms with Gasteiger partial charge in [0, 0.05) is 5.38 Å². The molecular formula is C9H10N2O2S. The van der Waals surface area contributed by atoms with Gasteiger partial charge in [-0.15, -0.1) is 0 Å². The summed E-state index contributed by atoms with van der Waals surface area (Å²) in [7, 11) is 0. The summed E-state index contributed by atoms with van der Waals surface area (Å²) >= 11 is 1.41. The monoisotopic (exact) mass is 210 g/mol. The average Bonchev–Trinajstić information content (AvgIpc) is 2.60. The van der Waals surface area contributed by atoms with Crippen molar-refractivity contribution in [3.8, 4) is 5.88 Å². The van der Waals surface area contributed by atoms with E-state index in [9.17, 15) is 9.90 Å². The number of hydrogen-bond donors (Lipinski definition) is 0. The molecule has 0 radical (unpaired) electrons. The number of nitrogens with zero attached hydrogens (tertiary/aromatic N) is 2. The van der Waals surface area contributed by atoms with Crippen molar-refractivity contribution in [3.05, 3.63) is 28.0 Å². The van der Waals surface area contributed by atoms with Gasteiger partial charge in [-0.1, -0.05) is 18.3 Å². The summed E-state index contributed by atoms with van der Waals surface area (Å²) in [6.45, 7) is 2.66. The second-order valence-electron chi connectivity index (χ2n) is 3.03. The van der Waals surface area contributed by atoms with Crippen molar-refractivity contribution in [3.63, 3.8) is 0 Å². The lowest BCUT2D eigenvalue weighted by molar-refractivity contribution is -0.714. The maximum atomic E-state index is 11.5. The molecule has 0 N–H and O–H groups in total. The van der Waals surface area contributed by atoms with E-state index in [1.807, 2.05) is 12.3 Å². The smallest absolute Gasteiger partial charge is 0.347 e. The van der Waals surface area contributed by atoms with E-state index in [4.69, 9.17) is 0 Å². The minimum Gasteiger partial charge on any atom is -0.842 e. The molecule has 0 spiro atoms. The highest BCUT2D eigenvalue weighted by molar-refractivity contribution is 7.14. The molecule has 4 nitrogen and oxygen atoms in total. The van der Waals surface area contributed by atoms with E-state index in [0.29, 0.717) is 11.5 Å². The standard InChI is InChI=1S/C9H10N2O2S/c1-2-3-10-7(12)6-8(13)11-4-5-14-9(10)11/h4-6H,2-3H2,1H3. The lowest BCUT2D eigenvalue weighted by atomic mass is 10.4. The molecular weight excluding hydrogens is 200 g/mol. The lowest BCUT2D eigenvalue weighted by Gasteiger charge is -2.08. The Morgan fingerprint density at radius 1 is 1.64 bits per heavy atom. The van der Waals surface area contributed by atoms with Crippen molar-refractivity contribution in [1.82, 2.24) is 4.40 Å². The van der Waals surface area contributed by atoms with Crippen LogP contribution in [0, 0.1) is 0 Å². The molecule has 2 heterocycles. The molecule has 0 unspecified atom stereocenters. The minimum atomic E-state index is -0.251. The first-order valence-electron chi connectivity index (χ1n) is 4.43. The molecule has 0 atom stereocenters. The summed E-state index contributed by atoms with van der Waals surface area (Å²) in [5.41, 5.74) is -0.251. The van der Waals surface area contributed by atoms with Crippen LogP contribution in [0.2, 0.25) is 0 Å². The van der Waals surface area contributed by atoms with E-state index >= 15 is 0 Å². The van der Waals surface area contributed by atoms with Crippen LogP contribution < -0.4 is 15.2 Å². The number of aromatic nitrogens is 2. The quantitative estimate of drug-likeness (QED) is 0.662. The maximum Gasteiger partial charge on any atom is 0.347 e. The van der Waals surface area contributed by atoms with Crippen LogP contribution in [-0.2, 0) is 6.54 Å². The third-order valence-corrected chi connectivity index (χ3v) is 2.90. The number of aryl methyl sites for hydroxylation is 1. The van der Waals surface area contributed by atoms with Crippen LogP contribution in [0.15, 0.2) is 22.4 Å². The molecule has 2 aromatic rings. The SMILES string of the molecule is CCC[n+]1c([O-])cc(=O)n2ccsc21. The fraction of sp³-hybridized carbons (Fsp3) is 0.333. The largest absolute Gasteiger partial charge is 0.842 e. The van der Waals surface area contributed by atoms with Crippen LogP contribution in [-0.4, -0.2) is 4.40 Å². The molecule has 74 valence electrons. The van der Waals surface area contributed by atoms with Gasteiger partial charge in [0.05, 0.1) is 18.5 Å². The molecule has 0 saturated heterocycles. The van der Waals surface area contributed by atoms with Gasteiger partial charge in [0.15, 0.2) is 0 Å². The van der Waals surface area contributed by atoms with Crippen molar-refractivity contribution in [2.24, 2.45) is 0 Å². The molecule has 0 bridgehead atoms. The van der Waals surface area contributed by atoms with Crippen LogP contribution in [0.4, 0.5) is 0 Å². The summed E-state index contributed by atoms with van der Waals surface area (Å²) < 4.78 is 3.13. The van der Waals surface area contributed by atoms with Crippen LogP contribution >= 0.6 is 11.3 Å². The average molecular weight is 210 g/mol. The fourth-order valence-corrected chi connectivity index (χ4v) is 2.29.